The summed E-state index contributed by atoms with van der Waals surface area (Å²) in [7, 11) is -3.57. The lowest BCUT2D eigenvalue weighted by Crippen LogP contribution is -2.50. The third-order valence-corrected chi connectivity index (χ3v) is 10.3. The summed E-state index contributed by atoms with van der Waals surface area (Å²) in [6, 6.07) is 11.3. The van der Waals surface area contributed by atoms with Crippen molar-refractivity contribution in [1.82, 2.24) is 34.3 Å². The molecule has 0 bridgehead atoms. The zero-order valence-corrected chi connectivity index (χ0v) is 23.7. The molecule has 1 fully saturated rings. The van der Waals surface area contributed by atoms with Gasteiger partial charge in [-0.05, 0) is 32.0 Å². The van der Waals surface area contributed by atoms with Gasteiger partial charge in [0.1, 0.15) is 22.7 Å². The predicted octanol–water partition coefficient (Wildman–Crippen LogP) is 3.92. The van der Waals surface area contributed by atoms with Crippen LogP contribution in [0.4, 0.5) is 5.82 Å². The fourth-order valence-electron chi connectivity index (χ4n) is 4.89. The normalized spacial score (nSPS) is 15.8. The molecule has 1 atom stereocenters. The van der Waals surface area contributed by atoms with Crippen LogP contribution < -0.4 is 5.32 Å². The fourth-order valence-corrected chi connectivity index (χ4v) is 7.72. The third-order valence-electron chi connectivity index (χ3n) is 6.83. The number of fused-ring (bicyclic) bond motifs is 1. The summed E-state index contributed by atoms with van der Waals surface area (Å²) in [5, 5.41) is 8.34. The van der Waals surface area contributed by atoms with Crippen LogP contribution in [0.2, 0.25) is 0 Å². The van der Waals surface area contributed by atoms with Gasteiger partial charge >= 0.3 is 0 Å². The van der Waals surface area contributed by atoms with E-state index in [2.05, 4.69) is 42.2 Å². The minimum Gasteiger partial charge on any atom is -0.366 e. The summed E-state index contributed by atoms with van der Waals surface area (Å²) in [5.74, 6) is 1.34. The molecule has 0 spiro atoms. The number of thiophene rings is 1. The lowest BCUT2D eigenvalue weighted by atomic mass is 10.0. The van der Waals surface area contributed by atoms with E-state index in [1.165, 1.54) is 17.7 Å². The Morgan fingerprint density at radius 1 is 1.05 bits per heavy atom. The topological polar surface area (TPSA) is 130 Å². The van der Waals surface area contributed by atoms with Crippen LogP contribution >= 0.6 is 11.3 Å². The highest BCUT2D eigenvalue weighted by Crippen LogP contribution is 2.33. The first-order valence-electron chi connectivity index (χ1n) is 12.9. The largest absolute Gasteiger partial charge is 0.366 e. The first-order valence-corrected chi connectivity index (χ1v) is 15.2. The number of aryl methyl sites for hydroxylation is 1. The van der Waals surface area contributed by atoms with Crippen molar-refractivity contribution in [3.8, 4) is 21.8 Å². The molecule has 13 heteroatoms. The highest BCUT2D eigenvalue weighted by Gasteiger charge is 2.30. The molecule has 4 aromatic heterocycles. The molecular formula is C27H28N8O3S2. The van der Waals surface area contributed by atoms with Gasteiger partial charge in [-0.15, -0.1) is 11.3 Å². The molecule has 11 nitrogen and oxygen atoms in total. The van der Waals surface area contributed by atoms with Crippen LogP contribution in [0.3, 0.4) is 0 Å². The van der Waals surface area contributed by atoms with Gasteiger partial charge < -0.3 is 9.84 Å². The monoisotopic (exact) mass is 576 g/mol. The van der Waals surface area contributed by atoms with Crippen molar-refractivity contribution in [2.24, 2.45) is 0 Å². The van der Waals surface area contributed by atoms with Crippen molar-refractivity contribution in [3.63, 3.8) is 0 Å². The standard InChI is InChI=1S/C27H28N8O3S2/c1-18-12-23(38-33-18)24-6-7-25(39-24)40(36,37)35-10-8-34(9-11-35)15-19(2)32-27-22-5-3-4-21(26(22)30-17-31-27)20-13-28-16-29-14-20/h3-7,12-14,16-17,19H,8-11,15H2,1-2H3,(H,30,31,32)/t19-/m0/s1. The fraction of sp³-hybridized carbons (Fsp3) is 0.296. The molecule has 0 amide bonds. The Balaban J connectivity index is 1.09. The van der Waals surface area contributed by atoms with Crippen LogP contribution in [0.5, 0.6) is 0 Å². The Kier molecular flexibility index (Phi) is 7.27. The minimum atomic E-state index is -3.57. The number of sulfonamides is 1. The van der Waals surface area contributed by atoms with E-state index >= 15 is 0 Å². The van der Waals surface area contributed by atoms with Crippen molar-refractivity contribution >= 4 is 38.1 Å². The zero-order chi connectivity index (χ0) is 27.7. The van der Waals surface area contributed by atoms with E-state index < -0.39 is 10.0 Å². The Labute approximate surface area is 236 Å². The number of benzene rings is 1. The number of anilines is 1. The number of aromatic nitrogens is 5. The van der Waals surface area contributed by atoms with E-state index in [1.54, 1.807) is 41.2 Å². The molecule has 1 saturated heterocycles. The maximum absolute atomic E-state index is 13.3. The number of nitrogens with zero attached hydrogens (tertiary/aromatic N) is 7. The van der Waals surface area contributed by atoms with Gasteiger partial charge in [0.05, 0.1) is 16.1 Å². The van der Waals surface area contributed by atoms with Gasteiger partial charge in [0.2, 0.25) is 0 Å². The first-order chi connectivity index (χ1) is 19.4. The van der Waals surface area contributed by atoms with Crippen molar-refractivity contribution in [2.75, 3.05) is 38.0 Å². The average molecular weight is 577 g/mol. The SMILES string of the molecule is Cc1cc(-c2ccc(S(=O)(=O)N3CCN(C[C@H](C)Nc4ncnc5c(-c6cncnc6)cccc45)CC3)s2)on1. The average Bonchev–Trinajstić information content (AvgIpc) is 3.64. The van der Waals surface area contributed by atoms with Gasteiger partial charge in [-0.2, -0.15) is 4.31 Å². The number of para-hydroxylation sites is 1. The Hall–Kier alpha value is -3.78. The quantitative estimate of drug-likeness (QED) is 0.290. The van der Waals surface area contributed by atoms with Crippen LogP contribution in [0.25, 0.3) is 32.7 Å². The Morgan fingerprint density at radius 3 is 2.60 bits per heavy atom. The first kappa shape index (κ1) is 26.4. The summed E-state index contributed by atoms with van der Waals surface area (Å²) < 4.78 is 33.8. The number of hydrogen-bond donors (Lipinski definition) is 1. The second-order valence-corrected chi connectivity index (χ2v) is 13.0. The van der Waals surface area contributed by atoms with Crippen LogP contribution in [-0.2, 0) is 10.0 Å². The summed E-state index contributed by atoms with van der Waals surface area (Å²) in [6.45, 7) is 6.84. The molecule has 6 rings (SSSR count). The molecule has 40 heavy (non-hydrogen) atoms. The lowest BCUT2D eigenvalue weighted by Gasteiger charge is -2.35. The van der Waals surface area contributed by atoms with Gasteiger partial charge in [0.25, 0.3) is 10.0 Å². The smallest absolute Gasteiger partial charge is 0.252 e. The predicted molar refractivity (Wildman–Crippen MR) is 153 cm³/mol. The van der Waals surface area contributed by atoms with Crippen LogP contribution in [-0.4, -0.2) is 81.5 Å². The number of nitrogens with one attached hydrogen (secondary N) is 1. The molecule has 206 valence electrons. The van der Waals surface area contributed by atoms with E-state index in [-0.39, 0.29) is 6.04 Å². The van der Waals surface area contributed by atoms with E-state index in [0.717, 1.165) is 45.0 Å². The molecule has 0 radical (unpaired) electrons. The Bertz CT molecular complexity index is 1730. The number of rotatable bonds is 8. The molecular weight excluding hydrogens is 548 g/mol. The second-order valence-electron chi connectivity index (χ2n) is 9.75. The maximum atomic E-state index is 13.3. The maximum Gasteiger partial charge on any atom is 0.252 e. The van der Waals surface area contributed by atoms with Gasteiger partial charge in [0, 0.05) is 73.7 Å². The van der Waals surface area contributed by atoms with E-state index in [0.29, 0.717) is 36.1 Å². The zero-order valence-electron chi connectivity index (χ0n) is 22.1. The lowest BCUT2D eigenvalue weighted by molar-refractivity contribution is 0.184. The molecule has 1 N–H and O–H groups in total. The van der Waals surface area contributed by atoms with Crippen LogP contribution in [0.1, 0.15) is 12.6 Å². The summed E-state index contributed by atoms with van der Waals surface area (Å²) in [6.07, 6.45) is 6.61. The molecule has 0 unspecified atom stereocenters. The minimum absolute atomic E-state index is 0.0789. The molecule has 0 aliphatic carbocycles. The molecule has 5 heterocycles. The van der Waals surface area contributed by atoms with E-state index in [9.17, 15) is 8.42 Å². The summed E-state index contributed by atoms with van der Waals surface area (Å²) >= 11 is 1.21. The van der Waals surface area contributed by atoms with Crippen molar-refractivity contribution in [2.45, 2.75) is 24.1 Å². The third kappa shape index (κ3) is 5.32. The van der Waals surface area contributed by atoms with Gasteiger partial charge in [0.15, 0.2) is 5.76 Å². The van der Waals surface area contributed by atoms with Gasteiger partial charge in [-0.25, -0.2) is 28.4 Å². The van der Waals surface area contributed by atoms with Crippen LogP contribution in [0, 0.1) is 6.92 Å². The highest BCUT2D eigenvalue weighted by molar-refractivity contribution is 7.91. The van der Waals surface area contributed by atoms with E-state index in [1.807, 2.05) is 25.1 Å². The van der Waals surface area contributed by atoms with Crippen molar-refractivity contribution in [3.05, 3.63) is 67.1 Å². The van der Waals surface area contributed by atoms with Crippen LogP contribution in [0.15, 0.2) is 70.2 Å². The Morgan fingerprint density at radius 2 is 1.85 bits per heavy atom. The number of hydrogen-bond acceptors (Lipinski definition) is 11. The molecule has 5 aromatic rings. The highest BCUT2D eigenvalue weighted by atomic mass is 32.2. The van der Waals surface area contributed by atoms with Crippen molar-refractivity contribution < 1.29 is 12.9 Å². The molecule has 1 aliphatic rings. The molecule has 0 saturated carbocycles. The summed E-state index contributed by atoms with van der Waals surface area (Å²) in [4.78, 5) is 20.3. The van der Waals surface area contributed by atoms with Gasteiger partial charge in [-0.1, -0.05) is 17.3 Å². The summed E-state index contributed by atoms with van der Waals surface area (Å²) in [5.41, 5.74) is 3.43. The van der Waals surface area contributed by atoms with Crippen molar-refractivity contribution in [1.29, 1.82) is 0 Å². The second kappa shape index (κ2) is 11.0. The van der Waals surface area contributed by atoms with E-state index in [4.69, 9.17) is 4.52 Å². The number of piperazine rings is 1. The molecule has 1 aromatic carbocycles. The molecule has 1 aliphatic heterocycles. The van der Waals surface area contributed by atoms with Gasteiger partial charge in [-0.3, -0.25) is 4.90 Å².